The molecule has 1 aromatic carbocycles. The number of hydrogen-bond donors (Lipinski definition) is 1. The molecule has 2 bridgehead atoms. The lowest BCUT2D eigenvalue weighted by atomic mass is 9.84. The van der Waals surface area contributed by atoms with E-state index in [9.17, 15) is 13.6 Å². The molecule has 1 aromatic rings. The molecule has 2 N–H and O–H groups in total. The lowest BCUT2D eigenvalue weighted by Crippen LogP contribution is -2.45. The molecule has 122 valence electrons. The van der Waals surface area contributed by atoms with Crippen molar-refractivity contribution >= 4 is 18.3 Å². The minimum absolute atomic E-state index is 0. The summed E-state index contributed by atoms with van der Waals surface area (Å²) in [6.45, 7) is 0.274. The van der Waals surface area contributed by atoms with Crippen LogP contribution in [0.5, 0.6) is 0 Å². The van der Waals surface area contributed by atoms with E-state index in [2.05, 4.69) is 0 Å². The van der Waals surface area contributed by atoms with E-state index >= 15 is 0 Å². The molecule has 0 saturated heterocycles. The number of rotatable bonds is 3. The first-order valence-corrected chi connectivity index (χ1v) is 7.42. The van der Waals surface area contributed by atoms with Gasteiger partial charge in [0.1, 0.15) is 0 Å². The molecule has 3 rings (SSSR count). The summed E-state index contributed by atoms with van der Waals surface area (Å²) in [4.78, 5) is 14.2. The molecule has 6 heteroatoms. The van der Waals surface area contributed by atoms with Crippen molar-refractivity contribution in [2.75, 3.05) is 7.05 Å². The Morgan fingerprint density at radius 3 is 2.55 bits per heavy atom. The van der Waals surface area contributed by atoms with Gasteiger partial charge in [-0.2, -0.15) is 0 Å². The third-order valence-corrected chi connectivity index (χ3v) is 5.05. The summed E-state index contributed by atoms with van der Waals surface area (Å²) in [5, 5.41) is 0. The number of nitrogens with two attached hydrogens (primary N) is 1. The predicted molar refractivity (Wildman–Crippen MR) is 82.4 cm³/mol. The molecule has 0 heterocycles. The molecule has 2 saturated carbocycles. The van der Waals surface area contributed by atoms with Crippen LogP contribution in [0.25, 0.3) is 0 Å². The summed E-state index contributed by atoms with van der Waals surface area (Å²) in [6, 6.07) is 3.68. The summed E-state index contributed by atoms with van der Waals surface area (Å²) in [5.41, 5.74) is 6.77. The van der Waals surface area contributed by atoms with E-state index in [-0.39, 0.29) is 36.8 Å². The Morgan fingerprint density at radius 1 is 1.27 bits per heavy atom. The van der Waals surface area contributed by atoms with Crippen molar-refractivity contribution in [1.29, 1.82) is 0 Å². The second kappa shape index (κ2) is 6.50. The van der Waals surface area contributed by atoms with E-state index in [1.807, 2.05) is 0 Å². The number of carbonyl (C=O) groups excluding carboxylic acids is 1. The van der Waals surface area contributed by atoms with E-state index in [1.165, 1.54) is 6.07 Å². The van der Waals surface area contributed by atoms with Crippen LogP contribution in [-0.4, -0.2) is 23.9 Å². The molecular weight excluding hydrogens is 310 g/mol. The van der Waals surface area contributed by atoms with Gasteiger partial charge in [0, 0.05) is 19.6 Å². The van der Waals surface area contributed by atoms with Gasteiger partial charge >= 0.3 is 0 Å². The quantitative estimate of drug-likeness (QED) is 0.926. The largest absolute Gasteiger partial charge is 0.341 e. The summed E-state index contributed by atoms with van der Waals surface area (Å²) >= 11 is 0. The lowest BCUT2D eigenvalue weighted by Gasteiger charge is -2.30. The molecule has 4 atom stereocenters. The third-order valence-electron chi connectivity index (χ3n) is 5.05. The lowest BCUT2D eigenvalue weighted by molar-refractivity contribution is -0.137. The van der Waals surface area contributed by atoms with Gasteiger partial charge in [-0.25, -0.2) is 8.78 Å². The highest BCUT2D eigenvalue weighted by atomic mass is 35.5. The molecule has 0 aromatic heterocycles. The molecule has 2 fully saturated rings. The topological polar surface area (TPSA) is 46.3 Å². The zero-order valence-electron chi connectivity index (χ0n) is 12.5. The summed E-state index contributed by atoms with van der Waals surface area (Å²) in [7, 11) is 1.70. The van der Waals surface area contributed by atoms with Crippen LogP contribution in [0, 0.1) is 29.4 Å². The number of nitrogens with zero attached hydrogens (tertiary/aromatic N) is 1. The maximum absolute atomic E-state index is 13.2. The van der Waals surface area contributed by atoms with Gasteiger partial charge < -0.3 is 10.6 Å². The van der Waals surface area contributed by atoms with Crippen molar-refractivity contribution in [3.8, 4) is 0 Å². The van der Waals surface area contributed by atoms with Gasteiger partial charge in [-0.1, -0.05) is 6.07 Å². The Bertz CT molecular complexity index is 567. The number of amides is 1. The monoisotopic (exact) mass is 330 g/mol. The SMILES string of the molecule is CN(Cc1ccc(F)c(F)c1)C(=O)C1C2CCC(C2)C1N.Cl. The predicted octanol–water partition coefficient (Wildman–Crippen LogP) is 2.72. The molecule has 0 aliphatic heterocycles. The Balaban J connectivity index is 0.00000176. The van der Waals surface area contributed by atoms with Crippen molar-refractivity contribution in [2.24, 2.45) is 23.5 Å². The first kappa shape index (κ1) is 17.2. The van der Waals surface area contributed by atoms with Gasteiger partial charge in [0.15, 0.2) is 11.6 Å². The zero-order chi connectivity index (χ0) is 15.1. The van der Waals surface area contributed by atoms with E-state index in [0.29, 0.717) is 17.4 Å². The molecule has 4 unspecified atom stereocenters. The van der Waals surface area contributed by atoms with Crippen molar-refractivity contribution < 1.29 is 13.6 Å². The van der Waals surface area contributed by atoms with Crippen LogP contribution >= 0.6 is 12.4 Å². The maximum atomic E-state index is 13.2. The number of hydrogen-bond acceptors (Lipinski definition) is 2. The van der Waals surface area contributed by atoms with E-state index < -0.39 is 11.6 Å². The van der Waals surface area contributed by atoms with E-state index in [4.69, 9.17) is 5.73 Å². The number of carbonyl (C=O) groups is 1. The van der Waals surface area contributed by atoms with Crippen LogP contribution in [0.3, 0.4) is 0 Å². The highest BCUT2D eigenvalue weighted by Crippen LogP contribution is 2.48. The van der Waals surface area contributed by atoms with Crippen molar-refractivity contribution in [1.82, 2.24) is 4.90 Å². The third kappa shape index (κ3) is 2.97. The summed E-state index contributed by atoms with van der Waals surface area (Å²) in [6.07, 6.45) is 3.26. The van der Waals surface area contributed by atoms with Crippen LogP contribution in [0.15, 0.2) is 18.2 Å². The highest BCUT2D eigenvalue weighted by Gasteiger charge is 2.49. The normalized spacial score (nSPS) is 29.3. The Hall–Kier alpha value is -1.20. The van der Waals surface area contributed by atoms with Gasteiger partial charge in [0.05, 0.1) is 5.92 Å². The fraction of sp³-hybridized carbons (Fsp3) is 0.562. The van der Waals surface area contributed by atoms with Crippen molar-refractivity contribution in [2.45, 2.75) is 31.8 Å². The standard InChI is InChI=1S/C16H20F2N2O.ClH/c1-20(8-9-2-5-12(17)13(18)6-9)16(21)14-10-3-4-11(7-10)15(14)19;/h2,5-6,10-11,14-15H,3-4,7-8,19H2,1H3;1H. The smallest absolute Gasteiger partial charge is 0.227 e. The molecule has 0 radical (unpaired) electrons. The van der Waals surface area contributed by atoms with E-state index in [0.717, 1.165) is 31.4 Å². The molecule has 22 heavy (non-hydrogen) atoms. The van der Waals surface area contributed by atoms with Gasteiger partial charge in [0.2, 0.25) is 5.91 Å². The zero-order valence-corrected chi connectivity index (χ0v) is 13.3. The van der Waals surface area contributed by atoms with Crippen molar-refractivity contribution in [3.63, 3.8) is 0 Å². The first-order chi connectivity index (χ1) is 9.97. The molecule has 0 spiro atoms. The van der Waals surface area contributed by atoms with Crippen LogP contribution in [0.4, 0.5) is 8.78 Å². The molecule has 1 amide bonds. The molecule has 3 nitrogen and oxygen atoms in total. The van der Waals surface area contributed by atoms with Crippen LogP contribution in [-0.2, 0) is 11.3 Å². The Kier molecular flexibility index (Phi) is 5.07. The Morgan fingerprint density at radius 2 is 1.95 bits per heavy atom. The highest BCUT2D eigenvalue weighted by molar-refractivity contribution is 5.85. The number of benzene rings is 1. The number of fused-ring (bicyclic) bond motifs is 2. The van der Waals surface area contributed by atoms with Gasteiger partial charge in [0.25, 0.3) is 0 Å². The molecular formula is C16H21ClF2N2O. The van der Waals surface area contributed by atoms with Crippen LogP contribution in [0.1, 0.15) is 24.8 Å². The van der Waals surface area contributed by atoms with Gasteiger partial charge in [-0.05, 0) is 48.8 Å². The van der Waals surface area contributed by atoms with Crippen LogP contribution < -0.4 is 5.73 Å². The van der Waals surface area contributed by atoms with E-state index in [1.54, 1.807) is 11.9 Å². The average Bonchev–Trinajstić information content (AvgIpc) is 3.03. The van der Waals surface area contributed by atoms with Gasteiger partial charge in [-0.15, -0.1) is 12.4 Å². The summed E-state index contributed by atoms with van der Waals surface area (Å²) < 4.78 is 26.1. The van der Waals surface area contributed by atoms with Crippen LogP contribution in [0.2, 0.25) is 0 Å². The fourth-order valence-electron chi connectivity index (χ4n) is 3.95. The minimum atomic E-state index is -0.884. The Labute approximate surface area is 135 Å². The molecule has 2 aliphatic carbocycles. The first-order valence-electron chi connectivity index (χ1n) is 7.42. The van der Waals surface area contributed by atoms with Gasteiger partial charge in [-0.3, -0.25) is 4.79 Å². The second-order valence-corrected chi connectivity index (χ2v) is 6.38. The minimum Gasteiger partial charge on any atom is -0.341 e. The second-order valence-electron chi connectivity index (χ2n) is 6.38. The molecule has 2 aliphatic rings. The van der Waals surface area contributed by atoms with Crippen molar-refractivity contribution in [3.05, 3.63) is 35.4 Å². The summed E-state index contributed by atoms with van der Waals surface area (Å²) in [5.74, 6) is -0.975. The number of halogens is 3. The fourth-order valence-corrected chi connectivity index (χ4v) is 3.95. The average molecular weight is 331 g/mol. The maximum Gasteiger partial charge on any atom is 0.227 e.